The van der Waals surface area contributed by atoms with Gasteiger partial charge in [-0.3, -0.25) is 4.90 Å². The molecule has 1 saturated heterocycles. The van der Waals surface area contributed by atoms with E-state index in [1.54, 1.807) is 7.11 Å². The van der Waals surface area contributed by atoms with Crippen LogP contribution in [0.2, 0.25) is 0 Å². The maximum absolute atomic E-state index is 6.33. The molecule has 100 valence electrons. The summed E-state index contributed by atoms with van der Waals surface area (Å²) in [7, 11) is 1.79. The van der Waals surface area contributed by atoms with E-state index in [9.17, 15) is 0 Å². The molecule has 0 bridgehead atoms. The van der Waals surface area contributed by atoms with E-state index in [2.05, 4.69) is 36.9 Å². The Hall–Kier alpha value is -0.900. The molecule has 0 spiro atoms. The molecule has 2 atom stereocenters. The van der Waals surface area contributed by atoms with E-state index in [1.807, 2.05) is 0 Å². The van der Waals surface area contributed by atoms with Gasteiger partial charge in [0.15, 0.2) is 0 Å². The summed E-state index contributed by atoms with van der Waals surface area (Å²) in [6.07, 6.45) is 1.51. The topological polar surface area (TPSA) is 38.5 Å². The van der Waals surface area contributed by atoms with Gasteiger partial charge in [-0.25, -0.2) is 0 Å². The van der Waals surface area contributed by atoms with Crippen LogP contribution in [0.5, 0.6) is 0 Å². The monoisotopic (exact) mass is 248 g/mol. The van der Waals surface area contributed by atoms with Crippen molar-refractivity contribution in [3.05, 3.63) is 34.9 Å². The first-order chi connectivity index (χ1) is 8.60. The molecule has 1 aliphatic heterocycles. The lowest BCUT2D eigenvalue weighted by Gasteiger charge is -2.22. The molecule has 0 radical (unpaired) electrons. The Morgan fingerprint density at radius 1 is 1.44 bits per heavy atom. The average molecular weight is 248 g/mol. The second-order valence-corrected chi connectivity index (χ2v) is 5.37. The van der Waals surface area contributed by atoms with Gasteiger partial charge in [0.05, 0.1) is 6.10 Å². The van der Waals surface area contributed by atoms with Gasteiger partial charge in [0.2, 0.25) is 0 Å². The molecular formula is C15H24N2O. The first-order valence-corrected chi connectivity index (χ1v) is 6.68. The first-order valence-electron chi connectivity index (χ1n) is 6.68. The number of methoxy groups -OCH3 is 1. The molecule has 0 amide bonds. The summed E-state index contributed by atoms with van der Waals surface area (Å²) in [4.78, 5) is 2.40. The molecule has 0 saturated carbocycles. The fraction of sp³-hybridized carbons (Fsp3) is 0.600. The summed E-state index contributed by atoms with van der Waals surface area (Å²) in [5.41, 5.74) is 10.2. The summed E-state index contributed by atoms with van der Waals surface area (Å²) < 4.78 is 5.39. The van der Waals surface area contributed by atoms with Crippen molar-refractivity contribution in [2.75, 3.05) is 26.7 Å². The van der Waals surface area contributed by atoms with Gasteiger partial charge in [0.25, 0.3) is 0 Å². The van der Waals surface area contributed by atoms with Gasteiger partial charge in [-0.05, 0) is 31.4 Å². The first kappa shape index (κ1) is 13.5. The third kappa shape index (κ3) is 3.10. The molecule has 1 heterocycles. The summed E-state index contributed by atoms with van der Waals surface area (Å²) in [5, 5.41) is 0. The summed E-state index contributed by atoms with van der Waals surface area (Å²) >= 11 is 0. The van der Waals surface area contributed by atoms with E-state index >= 15 is 0 Å². The van der Waals surface area contributed by atoms with Crippen LogP contribution in [0.15, 0.2) is 18.2 Å². The van der Waals surface area contributed by atoms with Crippen molar-refractivity contribution in [3.63, 3.8) is 0 Å². The zero-order valence-corrected chi connectivity index (χ0v) is 11.6. The van der Waals surface area contributed by atoms with Crippen molar-refractivity contribution in [1.82, 2.24) is 4.90 Å². The SMILES string of the molecule is COC1CCN(CC(N)c2ccc(C)cc2C)C1. The predicted octanol–water partition coefficient (Wildman–Crippen LogP) is 2.02. The lowest BCUT2D eigenvalue weighted by Crippen LogP contribution is -2.31. The molecule has 0 aromatic heterocycles. The molecule has 1 aromatic rings. The van der Waals surface area contributed by atoms with Gasteiger partial charge in [0, 0.05) is 32.8 Å². The Morgan fingerprint density at radius 3 is 2.83 bits per heavy atom. The van der Waals surface area contributed by atoms with E-state index in [-0.39, 0.29) is 6.04 Å². The lowest BCUT2D eigenvalue weighted by atomic mass is 9.99. The second kappa shape index (κ2) is 5.83. The minimum Gasteiger partial charge on any atom is -0.380 e. The van der Waals surface area contributed by atoms with Crippen LogP contribution in [-0.4, -0.2) is 37.7 Å². The number of benzene rings is 1. The van der Waals surface area contributed by atoms with Crippen molar-refractivity contribution in [2.24, 2.45) is 5.73 Å². The molecular weight excluding hydrogens is 224 g/mol. The third-order valence-electron chi connectivity index (χ3n) is 3.84. The number of likely N-dealkylation sites (tertiary alicyclic amines) is 1. The smallest absolute Gasteiger partial charge is 0.0710 e. The number of hydrogen-bond acceptors (Lipinski definition) is 3. The van der Waals surface area contributed by atoms with Crippen LogP contribution < -0.4 is 5.73 Å². The quantitative estimate of drug-likeness (QED) is 0.886. The average Bonchev–Trinajstić information content (AvgIpc) is 2.76. The van der Waals surface area contributed by atoms with Gasteiger partial charge < -0.3 is 10.5 Å². The largest absolute Gasteiger partial charge is 0.380 e. The molecule has 0 aliphatic carbocycles. The number of hydrogen-bond donors (Lipinski definition) is 1. The van der Waals surface area contributed by atoms with Crippen molar-refractivity contribution in [1.29, 1.82) is 0 Å². The maximum atomic E-state index is 6.33. The van der Waals surface area contributed by atoms with Crippen molar-refractivity contribution >= 4 is 0 Å². The fourth-order valence-electron chi connectivity index (χ4n) is 2.77. The van der Waals surface area contributed by atoms with Gasteiger partial charge >= 0.3 is 0 Å². The minimum atomic E-state index is 0.0983. The highest BCUT2D eigenvalue weighted by molar-refractivity contribution is 5.32. The minimum absolute atomic E-state index is 0.0983. The molecule has 3 nitrogen and oxygen atoms in total. The van der Waals surface area contributed by atoms with Crippen LogP contribution in [0.25, 0.3) is 0 Å². The summed E-state index contributed by atoms with van der Waals surface area (Å²) in [6, 6.07) is 6.61. The van der Waals surface area contributed by atoms with Gasteiger partial charge in [-0.1, -0.05) is 23.8 Å². The highest BCUT2D eigenvalue weighted by Gasteiger charge is 2.24. The standard InChI is InChI=1S/C15H24N2O/c1-11-4-5-14(12(2)8-11)15(16)10-17-7-6-13(9-17)18-3/h4-5,8,13,15H,6-7,9-10,16H2,1-3H3. The second-order valence-electron chi connectivity index (χ2n) is 5.37. The Balaban J connectivity index is 1.97. The fourth-order valence-corrected chi connectivity index (χ4v) is 2.77. The number of aryl methyl sites for hydroxylation is 2. The van der Waals surface area contributed by atoms with Gasteiger partial charge in [0.1, 0.15) is 0 Å². The zero-order chi connectivity index (χ0) is 13.1. The summed E-state index contributed by atoms with van der Waals surface area (Å²) in [5.74, 6) is 0. The van der Waals surface area contributed by atoms with Gasteiger partial charge in [-0.2, -0.15) is 0 Å². The zero-order valence-electron chi connectivity index (χ0n) is 11.6. The lowest BCUT2D eigenvalue weighted by molar-refractivity contribution is 0.107. The third-order valence-corrected chi connectivity index (χ3v) is 3.84. The van der Waals surface area contributed by atoms with E-state index in [0.717, 1.165) is 26.1 Å². The molecule has 18 heavy (non-hydrogen) atoms. The number of nitrogens with two attached hydrogens (primary N) is 1. The van der Waals surface area contributed by atoms with Crippen LogP contribution in [0.4, 0.5) is 0 Å². The Kier molecular flexibility index (Phi) is 4.38. The summed E-state index contributed by atoms with van der Waals surface area (Å²) in [6.45, 7) is 7.28. The van der Waals surface area contributed by atoms with E-state index in [0.29, 0.717) is 6.10 Å². The molecule has 3 heteroatoms. The van der Waals surface area contributed by atoms with Crippen molar-refractivity contribution < 1.29 is 4.74 Å². The van der Waals surface area contributed by atoms with Crippen LogP contribution >= 0.6 is 0 Å². The molecule has 1 aromatic carbocycles. The Bertz CT molecular complexity index is 405. The number of nitrogens with zero attached hydrogens (tertiary/aromatic N) is 1. The normalized spacial score (nSPS) is 22.3. The van der Waals surface area contributed by atoms with Crippen LogP contribution in [0, 0.1) is 13.8 Å². The molecule has 2 rings (SSSR count). The van der Waals surface area contributed by atoms with E-state index < -0.39 is 0 Å². The molecule has 1 fully saturated rings. The van der Waals surface area contributed by atoms with Crippen molar-refractivity contribution in [3.8, 4) is 0 Å². The van der Waals surface area contributed by atoms with E-state index in [4.69, 9.17) is 10.5 Å². The highest BCUT2D eigenvalue weighted by Crippen LogP contribution is 2.20. The van der Waals surface area contributed by atoms with E-state index in [1.165, 1.54) is 16.7 Å². The van der Waals surface area contributed by atoms with Crippen molar-refractivity contribution in [2.45, 2.75) is 32.4 Å². The highest BCUT2D eigenvalue weighted by atomic mass is 16.5. The number of rotatable bonds is 4. The Labute approximate surface area is 110 Å². The van der Waals surface area contributed by atoms with Crippen LogP contribution in [0.1, 0.15) is 29.2 Å². The van der Waals surface area contributed by atoms with Crippen LogP contribution in [-0.2, 0) is 4.74 Å². The maximum Gasteiger partial charge on any atom is 0.0710 e. The Morgan fingerprint density at radius 2 is 2.22 bits per heavy atom. The molecule has 1 aliphatic rings. The van der Waals surface area contributed by atoms with Gasteiger partial charge in [-0.15, -0.1) is 0 Å². The predicted molar refractivity (Wildman–Crippen MR) is 74.7 cm³/mol. The van der Waals surface area contributed by atoms with Crippen LogP contribution in [0.3, 0.4) is 0 Å². The molecule has 2 N–H and O–H groups in total. The molecule has 2 unspecified atom stereocenters. The number of ether oxygens (including phenoxy) is 1.